The van der Waals surface area contributed by atoms with E-state index in [-0.39, 0.29) is 0 Å². The largest absolute Gasteiger partial charge is 0.472 e. The third-order valence-electron chi connectivity index (χ3n) is 3.68. The van der Waals surface area contributed by atoms with Crippen LogP contribution < -0.4 is 10.1 Å². The molecule has 0 aliphatic heterocycles. The zero-order valence-electron chi connectivity index (χ0n) is 12.9. The smallest absolute Gasteiger partial charge is 0.223 e. The Morgan fingerprint density at radius 3 is 2.58 bits per heavy atom. The Bertz CT molecular complexity index is 936. The first-order valence-corrected chi connectivity index (χ1v) is 7.72. The molecule has 0 unspecified atom stereocenters. The second-order valence-corrected chi connectivity index (χ2v) is 5.39. The van der Waals surface area contributed by atoms with Gasteiger partial charge in [0, 0.05) is 17.6 Å². The molecule has 24 heavy (non-hydrogen) atoms. The lowest BCUT2D eigenvalue weighted by atomic mass is 10.1. The van der Waals surface area contributed by atoms with Crippen LogP contribution in [0.15, 0.2) is 72.9 Å². The van der Waals surface area contributed by atoms with Crippen molar-refractivity contribution in [2.45, 2.75) is 6.61 Å². The number of ether oxygens (including phenoxy) is 1. The number of anilines is 2. The lowest BCUT2D eigenvalue weighted by Crippen LogP contribution is -2.01. The summed E-state index contributed by atoms with van der Waals surface area (Å²) in [5, 5.41) is 12.1. The number of fused-ring (bicyclic) bond motifs is 1. The predicted molar refractivity (Wildman–Crippen MR) is 94.4 cm³/mol. The van der Waals surface area contributed by atoms with Crippen LogP contribution in [0.3, 0.4) is 0 Å². The summed E-state index contributed by atoms with van der Waals surface area (Å²) in [7, 11) is 0. The van der Waals surface area contributed by atoms with Crippen LogP contribution in [0.1, 0.15) is 5.56 Å². The van der Waals surface area contributed by atoms with E-state index in [0.29, 0.717) is 24.1 Å². The van der Waals surface area contributed by atoms with E-state index >= 15 is 0 Å². The molecule has 0 bridgehead atoms. The fourth-order valence-electron chi connectivity index (χ4n) is 2.53. The average Bonchev–Trinajstić information content (AvgIpc) is 3.13. The second kappa shape index (κ2) is 6.42. The van der Waals surface area contributed by atoms with Crippen molar-refractivity contribution in [3.8, 4) is 5.88 Å². The van der Waals surface area contributed by atoms with Gasteiger partial charge >= 0.3 is 0 Å². The quantitative estimate of drug-likeness (QED) is 0.577. The molecule has 2 aromatic heterocycles. The molecular formula is C19H16N4O. The molecule has 2 heterocycles. The van der Waals surface area contributed by atoms with Crippen molar-refractivity contribution in [3.63, 3.8) is 0 Å². The van der Waals surface area contributed by atoms with E-state index < -0.39 is 0 Å². The van der Waals surface area contributed by atoms with Crippen molar-refractivity contribution in [1.29, 1.82) is 0 Å². The number of rotatable bonds is 5. The Morgan fingerprint density at radius 2 is 1.75 bits per heavy atom. The van der Waals surface area contributed by atoms with Crippen LogP contribution in [0.25, 0.3) is 10.8 Å². The second-order valence-electron chi connectivity index (χ2n) is 5.39. The van der Waals surface area contributed by atoms with Gasteiger partial charge in [-0.05, 0) is 23.1 Å². The highest BCUT2D eigenvalue weighted by atomic mass is 16.5. The number of hydrogen-bond acceptors (Lipinski definition) is 4. The molecule has 0 radical (unpaired) electrons. The van der Waals surface area contributed by atoms with Gasteiger partial charge in [-0.15, -0.1) is 0 Å². The minimum absolute atomic E-state index is 0.476. The van der Waals surface area contributed by atoms with Gasteiger partial charge in [0.2, 0.25) is 5.88 Å². The molecule has 0 spiro atoms. The highest BCUT2D eigenvalue weighted by Crippen LogP contribution is 2.28. The minimum atomic E-state index is 0.476. The number of hydrogen-bond donors (Lipinski definition) is 2. The molecule has 4 aromatic rings. The first-order chi connectivity index (χ1) is 11.9. The number of H-pyrrole nitrogens is 1. The molecule has 0 aliphatic carbocycles. The average molecular weight is 316 g/mol. The maximum atomic E-state index is 5.99. The van der Waals surface area contributed by atoms with E-state index in [1.807, 2.05) is 66.7 Å². The normalized spacial score (nSPS) is 10.7. The highest BCUT2D eigenvalue weighted by Gasteiger charge is 2.08. The topological polar surface area (TPSA) is 62.8 Å². The van der Waals surface area contributed by atoms with E-state index in [2.05, 4.69) is 20.5 Å². The van der Waals surface area contributed by atoms with Crippen LogP contribution in [0, 0.1) is 0 Å². The third-order valence-corrected chi connectivity index (χ3v) is 3.68. The zero-order valence-corrected chi connectivity index (χ0v) is 12.9. The van der Waals surface area contributed by atoms with E-state index in [1.165, 1.54) is 0 Å². The molecule has 0 amide bonds. The summed E-state index contributed by atoms with van der Waals surface area (Å²) < 4.78 is 5.99. The Kier molecular flexibility index (Phi) is 3.81. The molecule has 5 nitrogen and oxygen atoms in total. The minimum Gasteiger partial charge on any atom is -0.472 e. The van der Waals surface area contributed by atoms with Gasteiger partial charge in [-0.1, -0.05) is 48.5 Å². The van der Waals surface area contributed by atoms with Gasteiger partial charge in [0.25, 0.3) is 0 Å². The number of aromatic nitrogens is 3. The van der Waals surface area contributed by atoms with E-state index in [0.717, 1.165) is 16.3 Å². The molecule has 2 N–H and O–H groups in total. The van der Waals surface area contributed by atoms with Gasteiger partial charge in [0.05, 0.1) is 0 Å². The fraction of sp³-hybridized carbons (Fsp3) is 0.0526. The van der Waals surface area contributed by atoms with Crippen molar-refractivity contribution in [2.75, 3.05) is 5.32 Å². The van der Waals surface area contributed by atoms with Crippen LogP contribution in [-0.2, 0) is 6.61 Å². The maximum absolute atomic E-state index is 5.99. The Hall–Kier alpha value is -3.34. The van der Waals surface area contributed by atoms with E-state index in [4.69, 9.17) is 4.74 Å². The lowest BCUT2D eigenvalue weighted by Gasteiger charge is -2.11. The van der Waals surface area contributed by atoms with Crippen molar-refractivity contribution in [1.82, 2.24) is 15.2 Å². The van der Waals surface area contributed by atoms with E-state index in [1.54, 1.807) is 6.20 Å². The summed E-state index contributed by atoms with van der Waals surface area (Å²) in [6, 6.07) is 21.9. The maximum Gasteiger partial charge on any atom is 0.223 e. The van der Waals surface area contributed by atoms with Crippen LogP contribution in [0.5, 0.6) is 5.88 Å². The zero-order chi connectivity index (χ0) is 16.2. The van der Waals surface area contributed by atoms with Gasteiger partial charge < -0.3 is 10.1 Å². The first-order valence-electron chi connectivity index (χ1n) is 7.72. The van der Waals surface area contributed by atoms with Crippen molar-refractivity contribution >= 4 is 22.4 Å². The molecule has 118 valence electrons. The molecule has 0 saturated heterocycles. The van der Waals surface area contributed by atoms with Gasteiger partial charge in [0.1, 0.15) is 12.4 Å². The van der Waals surface area contributed by atoms with Crippen LogP contribution >= 0.6 is 0 Å². The number of nitrogens with one attached hydrogen (secondary N) is 2. The Balaban J connectivity index is 1.66. The summed E-state index contributed by atoms with van der Waals surface area (Å²) in [5.74, 6) is 2.02. The van der Waals surface area contributed by atoms with Crippen LogP contribution in [0.2, 0.25) is 0 Å². The summed E-state index contributed by atoms with van der Waals surface area (Å²) >= 11 is 0. The van der Waals surface area contributed by atoms with Gasteiger partial charge in [-0.25, -0.2) is 0 Å². The standard InChI is InChI=1S/C19H16N4O/c1-2-6-14(7-3-1)13-24-19-16-9-5-4-8-15(16)12-18(22-19)21-17-10-11-20-23-17/h1-12H,13H2,(H2,20,21,22,23). The van der Waals surface area contributed by atoms with Crippen molar-refractivity contribution in [2.24, 2.45) is 0 Å². The summed E-state index contributed by atoms with van der Waals surface area (Å²) in [5.41, 5.74) is 1.11. The molecule has 0 fully saturated rings. The Labute approximate surface area is 139 Å². The van der Waals surface area contributed by atoms with Gasteiger partial charge in [-0.2, -0.15) is 10.1 Å². The number of benzene rings is 2. The summed E-state index contributed by atoms with van der Waals surface area (Å²) in [4.78, 5) is 4.60. The molecule has 0 aliphatic rings. The number of nitrogens with zero attached hydrogens (tertiary/aromatic N) is 2. The first kappa shape index (κ1) is 14.3. The number of aromatic amines is 1. The summed E-state index contributed by atoms with van der Waals surface area (Å²) in [6.07, 6.45) is 1.76. The molecule has 0 atom stereocenters. The molecule has 2 aromatic carbocycles. The molecule has 0 saturated carbocycles. The van der Waals surface area contributed by atoms with Crippen molar-refractivity contribution < 1.29 is 4.74 Å². The van der Waals surface area contributed by atoms with Crippen LogP contribution in [0.4, 0.5) is 11.6 Å². The molecule has 5 heteroatoms. The van der Waals surface area contributed by atoms with Crippen LogP contribution in [-0.4, -0.2) is 15.2 Å². The van der Waals surface area contributed by atoms with E-state index in [9.17, 15) is 0 Å². The number of pyridine rings is 1. The fourth-order valence-corrected chi connectivity index (χ4v) is 2.53. The molecule has 4 rings (SSSR count). The SMILES string of the molecule is c1ccc(COc2nc(Nc3cc[nH]n3)cc3ccccc23)cc1. The third kappa shape index (κ3) is 3.05. The van der Waals surface area contributed by atoms with Crippen molar-refractivity contribution in [3.05, 3.63) is 78.5 Å². The monoisotopic (exact) mass is 316 g/mol. The predicted octanol–water partition coefficient (Wildman–Crippen LogP) is 4.28. The van der Waals surface area contributed by atoms with Gasteiger partial charge in [0.15, 0.2) is 5.82 Å². The highest BCUT2D eigenvalue weighted by molar-refractivity contribution is 5.89. The summed E-state index contributed by atoms with van der Waals surface area (Å²) in [6.45, 7) is 0.476. The molecular weight excluding hydrogens is 300 g/mol. The lowest BCUT2D eigenvalue weighted by molar-refractivity contribution is 0.298. The van der Waals surface area contributed by atoms with Gasteiger partial charge in [-0.3, -0.25) is 5.10 Å². The Morgan fingerprint density at radius 1 is 0.917 bits per heavy atom.